The number of nitrogens with zero attached hydrogens (tertiary/aromatic N) is 1. The van der Waals surface area contributed by atoms with E-state index in [1.807, 2.05) is 45.0 Å². The predicted molar refractivity (Wildman–Crippen MR) is 124 cm³/mol. The highest BCUT2D eigenvalue weighted by molar-refractivity contribution is 6.31. The summed E-state index contributed by atoms with van der Waals surface area (Å²) in [5, 5.41) is 3.55. The van der Waals surface area contributed by atoms with Crippen LogP contribution in [0.1, 0.15) is 57.2 Å². The molecular formula is C25H33ClN2O2. The molecule has 0 aliphatic carbocycles. The van der Waals surface area contributed by atoms with Gasteiger partial charge >= 0.3 is 0 Å². The molecule has 0 saturated carbocycles. The van der Waals surface area contributed by atoms with Crippen molar-refractivity contribution in [2.45, 2.75) is 72.0 Å². The number of amides is 2. The molecule has 0 aliphatic rings. The third-order valence-corrected chi connectivity index (χ3v) is 5.54. The molecule has 2 amide bonds. The van der Waals surface area contributed by atoms with Crippen molar-refractivity contribution in [2.24, 2.45) is 0 Å². The minimum atomic E-state index is -0.529. The first kappa shape index (κ1) is 23.9. The Morgan fingerprint density at radius 3 is 2.20 bits per heavy atom. The Balaban J connectivity index is 2.20. The molecule has 2 rings (SSSR count). The summed E-state index contributed by atoms with van der Waals surface area (Å²) in [7, 11) is 0. The predicted octanol–water partition coefficient (Wildman–Crippen LogP) is 5.17. The van der Waals surface area contributed by atoms with E-state index in [0.717, 1.165) is 17.5 Å². The van der Waals surface area contributed by atoms with Crippen molar-refractivity contribution in [1.29, 1.82) is 0 Å². The number of rotatable bonds is 10. The van der Waals surface area contributed by atoms with Crippen LogP contribution >= 0.6 is 11.6 Å². The van der Waals surface area contributed by atoms with Gasteiger partial charge in [-0.2, -0.15) is 0 Å². The first-order chi connectivity index (χ1) is 14.3. The van der Waals surface area contributed by atoms with Gasteiger partial charge in [-0.25, -0.2) is 0 Å². The minimum absolute atomic E-state index is 0.0147. The topological polar surface area (TPSA) is 49.4 Å². The molecule has 0 aromatic heterocycles. The molecule has 5 heteroatoms. The zero-order valence-electron chi connectivity index (χ0n) is 18.5. The molecule has 162 valence electrons. The molecule has 2 aromatic carbocycles. The van der Waals surface area contributed by atoms with Gasteiger partial charge in [0.05, 0.1) is 0 Å². The Bertz CT molecular complexity index is 833. The van der Waals surface area contributed by atoms with Crippen molar-refractivity contribution in [3.63, 3.8) is 0 Å². The van der Waals surface area contributed by atoms with Crippen molar-refractivity contribution in [1.82, 2.24) is 10.2 Å². The van der Waals surface area contributed by atoms with Crippen LogP contribution in [0.5, 0.6) is 0 Å². The van der Waals surface area contributed by atoms with Crippen LogP contribution in [0, 0.1) is 0 Å². The summed E-state index contributed by atoms with van der Waals surface area (Å²) in [5.41, 5.74) is 3.25. The van der Waals surface area contributed by atoms with Gasteiger partial charge in [-0.1, -0.05) is 67.9 Å². The maximum atomic E-state index is 13.2. The number of hydrogen-bond donors (Lipinski definition) is 1. The minimum Gasteiger partial charge on any atom is -0.352 e. The quantitative estimate of drug-likeness (QED) is 0.567. The van der Waals surface area contributed by atoms with Crippen LogP contribution in [0.3, 0.4) is 0 Å². The second-order valence-electron chi connectivity index (χ2n) is 7.87. The average Bonchev–Trinajstić information content (AvgIpc) is 2.73. The van der Waals surface area contributed by atoms with Gasteiger partial charge in [0.15, 0.2) is 0 Å². The van der Waals surface area contributed by atoms with Crippen LogP contribution in [-0.4, -0.2) is 28.8 Å². The van der Waals surface area contributed by atoms with Gasteiger partial charge in [0, 0.05) is 24.0 Å². The number of halogens is 1. The third-order valence-electron chi connectivity index (χ3n) is 5.17. The number of nitrogens with one attached hydrogen (secondary N) is 1. The molecule has 0 aliphatic heterocycles. The molecule has 1 atom stereocenters. The lowest BCUT2D eigenvalue weighted by atomic mass is 10.0. The summed E-state index contributed by atoms with van der Waals surface area (Å²) < 4.78 is 0. The standard InChI is InChI=1S/C25H33ClN2O2/c1-5-19-11-13-20(14-12-19)15-16-24(29)28(17-21-9-7-8-10-22(21)26)23(6-2)25(30)27-18(3)4/h7-14,18,23H,5-6,15-17H2,1-4H3,(H,27,30). The molecule has 0 bridgehead atoms. The Hall–Kier alpha value is -2.33. The molecule has 30 heavy (non-hydrogen) atoms. The molecule has 1 unspecified atom stereocenters. The van der Waals surface area contributed by atoms with Gasteiger partial charge in [0.2, 0.25) is 11.8 Å². The van der Waals surface area contributed by atoms with Gasteiger partial charge in [0.25, 0.3) is 0 Å². The molecule has 0 radical (unpaired) electrons. The fraction of sp³-hybridized carbons (Fsp3) is 0.440. The Kier molecular flexibility index (Phi) is 9.38. The summed E-state index contributed by atoms with van der Waals surface area (Å²) in [5.74, 6) is -0.166. The van der Waals surface area contributed by atoms with Crippen molar-refractivity contribution in [3.8, 4) is 0 Å². The van der Waals surface area contributed by atoms with Crippen LogP contribution in [0.25, 0.3) is 0 Å². The van der Waals surface area contributed by atoms with Crippen LogP contribution in [-0.2, 0) is 29.0 Å². The lowest BCUT2D eigenvalue weighted by Gasteiger charge is -2.31. The molecule has 1 N–H and O–H groups in total. The molecule has 4 nitrogen and oxygen atoms in total. The zero-order valence-corrected chi connectivity index (χ0v) is 19.2. The lowest BCUT2D eigenvalue weighted by molar-refractivity contribution is -0.141. The van der Waals surface area contributed by atoms with E-state index < -0.39 is 6.04 Å². The molecule has 0 heterocycles. The number of carbonyl (C=O) groups is 2. The average molecular weight is 429 g/mol. The highest BCUT2D eigenvalue weighted by atomic mass is 35.5. The van der Waals surface area contributed by atoms with E-state index in [1.54, 1.807) is 4.90 Å². The maximum Gasteiger partial charge on any atom is 0.243 e. The fourth-order valence-corrected chi connectivity index (χ4v) is 3.64. The van der Waals surface area contributed by atoms with Crippen LogP contribution < -0.4 is 5.32 Å². The first-order valence-electron chi connectivity index (χ1n) is 10.8. The Morgan fingerprint density at radius 1 is 1.00 bits per heavy atom. The first-order valence-corrected chi connectivity index (χ1v) is 11.1. The number of aryl methyl sites for hydroxylation is 2. The highest BCUT2D eigenvalue weighted by Gasteiger charge is 2.29. The van der Waals surface area contributed by atoms with Gasteiger partial charge < -0.3 is 10.2 Å². The van der Waals surface area contributed by atoms with Crippen LogP contribution in [0.15, 0.2) is 48.5 Å². The number of benzene rings is 2. The Morgan fingerprint density at radius 2 is 1.63 bits per heavy atom. The van der Waals surface area contributed by atoms with Crippen molar-refractivity contribution < 1.29 is 9.59 Å². The van der Waals surface area contributed by atoms with Gasteiger partial charge in [-0.15, -0.1) is 0 Å². The summed E-state index contributed by atoms with van der Waals surface area (Å²) in [6.45, 7) is 8.21. The zero-order chi connectivity index (χ0) is 22.1. The molecular weight excluding hydrogens is 396 g/mol. The highest BCUT2D eigenvalue weighted by Crippen LogP contribution is 2.21. The van der Waals surface area contributed by atoms with Gasteiger partial charge in [-0.3, -0.25) is 9.59 Å². The lowest BCUT2D eigenvalue weighted by Crippen LogP contribution is -2.50. The van der Waals surface area contributed by atoms with Crippen molar-refractivity contribution >= 4 is 23.4 Å². The summed E-state index contributed by atoms with van der Waals surface area (Å²) in [4.78, 5) is 27.7. The summed E-state index contributed by atoms with van der Waals surface area (Å²) in [6.07, 6.45) is 2.53. The van der Waals surface area contributed by atoms with E-state index in [9.17, 15) is 9.59 Å². The molecule has 0 fully saturated rings. The normalized spacial score (nSPS) is 11.9. The SMILES string of the molecule is CCc1ccc(CCC(=O)N(Cc2ccccc2Cl)C(CC)C(=O)NC(C)C)cc1. The van der Waals surface area contributed by atoms with Crippen LogP contribution in [0.2, 0.25) is 5.02 Å². The number of carbonyl (C=O) groups excluding carboxylic acids is 2. The summed E-state index contributed by atoms with van der Waals surface area (Å²) >= 11 is 6.35. The number of hydrogen-bond acceptors (Lipinski definition) is 2. The van der Waals surface area contributed by atoms with E-state index >= 15 is 0 Å². The Labute approximate surface area is 185 Å². The van der Waals surface area contributed by atoms with Gasteiger partial charge in [0.1, 0.15) is 6.04 Å². The van der Waals surface area contributed by atoms with E-state index in [4.69, 9.17) is 11.6 Å². The second-order valence-corrected chi connectivity index (χ2v) is 8.28. The van der Waals surface area contributed by atoms with E-state index in [1.165, 1.54) is 5.56 Å². The fourth-order valence-electron chi connectivity index (χ4n) is 3.45. The van der Waals surface area contributed by atoms with E-state index in [0.29, 0.717) is 30.8 Å². The van der Waals surface area contributed by atoms with E-state index in [2.05, 4.69) is 36.5 Å². The largest absolute Gasteiger partial charge is 0.352 e. The summed E-state index contributed by atoms with van der Waals surface area (Å²) in [6, 6.07) is 15.3. The van der Waals surface area contributed by atoms with E-state index in [-0.39, 0.29) is 17.9 Å². The monoisotopic (exact) mass is 428 g/mol. The van der Waals surface area contributed by atoms with Crippen LogP contribution in [0.4, 0.5) is 0 Å². The second kappa shape index (κ2) is 11.8. The van der Waals surface area contributed by atoms with Crippen molar-refractivity contribution in [2.75, 3.05) is 0 Å². The smallest absolute Gasteiger partial charge is 0.243 e. The molecule has 0 spiro atoms. The maximum absolute atomic E-state index is 13.2. The van der Waals surface area contributed by atoms with Gasteiger partial charge in [-0.05, 0) is 55.9 Å². The molecule has 2 aromatic rings. The molecule has 0 saturated heterocycles. The third kappa shape index (κ3) is 6.88. The van der Waals surface area contributed by atoms with Crippen molar-refractivity contribution in [3.05, 3.63) is 70.2 Å².